The zero-order valence-electron chi connectivity index (χ0n) is 6.50. The second kappa shape index (κ2) is 4.68. The van der Waals surface area contributed by atoms with Crippen molar-refractivity contribution in [3.63, 3.8) is 0 Å². The molecule has 11 heavy (non-hydrogen) atoms. The van der Waals surface area contributed by atoms with Crippen LogP contribution in [0.5, 0.6) is 0 Å². The first-order valence-electron chi connectivity index (χ1n) is 3.30. The van der Waals surface area contributed by atoms with Gasteiger partial charge >= 0.3 is 5.97 Å². The van der Waals surface area contributed by atoms with Crippen LogP contribution in [0.3, 0.4) is 0 Å². The highest BCUT2D eigenvalue weighted by atomic mass is 16.4. The normalized spacial score (nSPS) is 9.27. The molecule has 0 amide bonds. The average Bonchev–Trinajstić information content (AvgIpc) is 1.86. The SMILES string of the molecule is CC(=N)N(CCN)CC(=O)O. The van der Waals surface area contributed by atoms with Gasteiger partial charge in [-0.2, -0.15) is 0 Å². The van der Waals surface area contributed by atoms with E-state index in [-0.39, 0.29) is 12.4 Å². The summed E-state index contributed by atoms with van der Waals surface area (Å²) in [4.78, 5) is 11.6. The van der Waals surface area contributed by atoms with Crippen molar-refractivity contribution < 1.29 is 9.90 Å². The molecule has 0 aliphatic rings. The van der Waals surface area contributed by atoms with Crippen molar-refractivity contribution >= 4 is 11.8 Å². The highest BCUT2D eigenvalue weighted by Crippen LogP contribution is 1.87. The number of amidine groups is 1. The van der Waals surface area contributed by atoms with E-state index < -0.39 is 5.97 Å². The number of nitrogens with zero attached hydrogens (tertiary/aromatic N) is 1. The molecular formula is C6H13N3O2. The first kappa shape index (κ1) is 9.90. The summed E-state index contributed by atoms with van der Waals surface area (Å²) in [5.41, 5.74) is 5.21. The molecule has 5 nitrogen and oxygen atoms in total. The number of hydrogen-bond donors (Lipinski definition) is 3. The highest BCUT2D eigenvalue weighted by molar-refractivity contribution is 5.81. The van der Waals surface area contributed by atoms with Crippen LogP contribution in [0.25, 0.3) is 0 Å². The molecule has 0 heterocycles. The van der Waals surface area contributed by atoms with Crippen molar-refractivity contribution in [2.45, 2.75) is 6.92 Å². The van der Waals surface area contributed by atoms with E-state index in [1.807, 2.05) is 0 Å². The fourth-order valence-corrected chi connectivity index (χ4v) is 0.684. The summed E-state index contributed by atoms with van der Waals surface area (Å²) < 4.78 is 0. The van der Waals surface area contributed by atoms with Crippen molar-refractivity contribution in [3.05, 3.63) is 0 Å². The lowest BCUT2D eigenvalue weighted by Crippen LogP contribution is -2.37. The lowest BCUT2D eigenvalue weighted by molar-refractivity contribution is -0.137. The Balaban J connectivity index is 3.89. The van der Waals surface area contributed by atoms with Gasteiger partial charge in [0.15, 0.2) is 0 Å². The Morgan fingerprint density at radius 3 is 2.55 bits per heavy atom. The van der Waals surface area contributed by atoms with Gasteiger partial charge in [-0.15, -0.1) is 0 Å². The molecule has 5 heteroatoms. The average molecular weight is 159 g/mol. The number of carboxylic acid groups (broad SMARTS) is 1. The number of rotatable bonds is 4. The Hall–Kier alpha value is -1.10. The van der Waals surface area contributed by atoms with E-state index in [9.17, 15) is 4.79 Å². The minimum Gasteiger partial charge on any atom is -0.480 e. The summed E-state index contributed by atoms with van der Waals surface area (Å²) in [5.74, 6) is -0.706. The van der Waals surface area contributed by atoms with Gasteiger partial charge in [0, 0.05) is 13.1 Å². The molecule has 64 valence electrons. The Kier molecular flexibility index (Phi) is 4.21. The maximum atomic E-state index is 10.2. The zero-order chi connectivity index (χ0) is 8.85. The molecule has 0 rings (SSSR count). The molecule has 0 radical (unpaired) electrons. The van der Waals surface area contributed by atoms with E-state index >= 15 is 0 Å². The lowest BCUT2D eigenvalue weighted by Gasteiger charge is -2.19. The summed E-state index contributed by atoms with van der Waals surface area (Å²) in [7, 11) is 0. The third-order valence-electron chi connectivity index (χ3n) is 1.20. The summed E-state index contributed by atoms with van der Waals surface area (Å²) in [6, 6.07) is 0. The molecule has 0 aromatic heterocycles. The Morgan fingerprint density at radius 1 is 1.73 bits per heavy atom. The third-order valence-corrected chi connectivity index (χ3v) is 1.20. The molecule has 0 fully saturated rings. The second-order valence-electron chi connectivity index (χ2n) is 2.19. The summed E-state index contributed by atoms with van der Waals surface area (Å²) in [6.45, 7) is 2.18. The zero-order valence-corrected chi connectivity index (χ0v) is 6.50. The van der Waals surface area contributed by atoms with E-state index in [0.29, 0.717) is 13.1 Å². The van der Waals surface area contributed by atoms with E-state index in [2.05, 4.69) is 0 Å². The van der Waals surface area contributed by atoms with Gasteiger partial charge < -0.3 is 15.7 Å². The number of nitrogens with one attached hydrogen (secondary N) is 1. The van der Waals surface area contributed by atoms with Crippen LogP contribution in [-0.4, -0.2) is 41.4 Å². The minimum atomic E-state index is -0.940. The van der Waals surface area contributed by atoms with Crippen LogP contribution in [0.2, 0.25) is 0 Å². The van der Waals surface area contributed by atoms with E-state index in [1.165, 1.54) is 4.90 Å². The number of hydrogen-bond acceptors (Lipinski definition) is 3. The van der Waals surface area contributed by atoms with Crippen LogP contribution < -0.4 is 5.73 Å². The van der Waals surface area contributed by atoms with Crippen molar-refractivity contribution in [1.82, 2.24) is 4.90 Å². The van der Waals surface area contributed by atoms with Crippen molar-refractivity contribution in [1.29, 1.82) is 5.41 Å². The molecule has 0 saturated heterocycles. The van der Waals surface area contributed by atoms with Gasteiger partial charge in [-0.05, 0) is 6.92 Å². The monoisotopic (exact) mass is 159 g/mol. The maximum absolute atomic E-state index is 10.2. The smallest absolute Gasteiger partial charge is 0.323 e. The number of carboxylic acids is 1. The molecular weight excluding hydrogens is 146 g/mol. The molecule has 0 spiro atoms. The topological polar surface area (TPSA) is 90.4 Å². The van der Waals surface area contributed by atoms with Gasteiger partial charge in [-0.1, -0.05) is 0 Å². The van der Waals surface area contributed by atoms with Crippen LogP contribution >= 0.6 is 0 Å². The Morgan fingerprint density at radius 2 is 2.27 bits per heavy atom. The molecule has 0 aromatic carbocycles. The highest BCUT2D eigenvalue weighted by Gasteiger charge is 2.07. The molecule has 0 saturated carbocycles. The number of nitrogens with two attached hydrogens (primary N) is 1. The molecule has 0 bridgehead atoms. The largest absolute Gasteiger partial charge is 0.480 e. The molecule has 0 aliphatic heterocycles. The van der Waals surface area contributed by atoms with Gasteiger partial charge in [0.05, 0.1) is 5.84 Å². The van der Waals surface area contributed by atoms with Crippen LogP contribution in [0.15, 0.2) is 0 Å². The van der Waals surface area contributed by atoms with Gasteiger partial charge in [-0.25, -0.2) is 0 Å². The van der Waals surface area contributed by atoms with Gasteiger partial charge in [0.25, 0.3) is 0 Å². The number of aliphatic carboxylic acids is 1. The first-order chi connectivity index (χ1) is 5.07. The number of carbonyl (C=O) groups is 1. The van der Waals surface area contributed by atoms with Crippen molar-refractivity contribution in [2.75, 3.05) is 19.6 Å². The van der Waals surface area contributed by atoms with Crippen LogP contribution in [0.4, 0.5) is 0 Å². The Bertz CT molecular complexity index is 158. The Labute approximate surface area is 65.3 Å². The van der Waals surface area contributed by atoms with E-state index in [4.69, 9.17) is 16.2 Å². The van der Waals surface area contributed by atoms with Crippen LogP contribution in [-0.2, 0) is 4.79 Å². The maximum Gasteiger partial charge on any atom is 0.323 e. The van der Waals surface area contributed by atoms with Crippen LogP contribution in [0, 0.1) is 5.41 Å². The fraction of sp³-hybridized carbons (Fsp3) is 0.667. The quantitative estimate of drug-likeness (QED) is 0.375. The van der Waals surface area contributed by atoms with Crippen LogP contribution in [0.1, 0.15) is 6.92 Å². The van der Waals surface area contributed by atoms with Gasteiger partial charge in [0.2, 0.25) is 0 Å². The molecule has 0 aliphatic carbocycles. The molecule has 0 unspecified atom stereocenters. The standard InChI is InChI=1S/C6H13N3O2/c1-5(8)9(3-2-7)4-6(10)11/h8H,2-4,7H2,1H3,(H,10,11). The van der Waals surface area contributed by atoms with Crippen molar-refractivity contribution in [3.8, 4) is 0 Å². The lowest BCUT2D eigenvalue weighted by atomic mass is 10.4. The first-order valence-corrected chi connectivity index (χ1v) is 3.30. The summed E-state index contributed by atoms with van der Waals surface area (Å²) >= 11 is 0. The van der Waals surface area contributed by atoms with E-state index in [1.54, 1.807) is 6.92 Å². The van der Waals surface area contributed by atoms with E-state index in [0.717, 1.165) is 0 Å². The van der Waals surface area contributed by atoms with Gasteiger partial charge in [0.1, 0.15) is 6.54 Å². The predicted octanol–water partition coefficient (Wildman–Crippen LogP) is -0.671. The minimum absolute atomic E-state index is 0.146. The third kappa shape index (κ3) is 4.32. The molecule has 4 N–H and O–H groups in total. The van der Waals surface area contributed by atoms with Gasteiger partial charge in [-0.3, -0.25) is 10.2 Å². The molecule has 0 aromatic rings. The van der Waals surface area contributed by atoms with Crippen molar-refractivity contribution in [2.24, 2.45) is 5.73 Å². The molecule has 0 atom stereocenters. The summed E-state index contributed by atoms with van der Waals surface area (Å²) in [5, 5.41) is 15.5. The summed E-state index contributed by atoms with van der Waals surface area (Å²) in [6.07, 6.45) is 0. The predicted molar refractivity (Wildman–Crippen MR) is 41.7 cm³/mol. The fourth-order valence-electron chi connectivity index (χ4n) is 0.684. The second-order valence-corrected chi connectivity index (χ2v) is 2.19.